The number of benzene rings is 2. The Hall–Kier alpha value is -1.79. The third-order valence-electron chi connectivity index (χ3n) is 2.99. The summed E-state index contributed by atoms with van der Waals surface area (Å²) < 4.78 is 24.8. The molecule has 7 heteroatoms. The second kappa shape index (κ2) is 7.66. The lowest BCUT2D eigenvalue weighted by atomic mass is 10.2. The Morgan fingerprint density at radius 2 is 1.96 bits per heavy atom. The fourth-order valence-corrected chi connectivity index (χ4v) is 2.33. The lowest BCUT2D eigenvalue weighted by molar-refractivity contribution is -0.122. The third-order valence-corrected chi connectivity index (χ3v) is 3.71. The predicted octanol–water partition coefficient (Wildman–Crippen LogP) is 4.66. The number of halogens is 3. The number of amides is 1. The highest BCUT2D eigenvalue weighted by molar-refractivity contribution is 9.10. The first-order chi connectivity index (χ1) is 10.9. The van der Waals surface area contributed by atoms with Gasteiger partial charge >= 0.3 is 0 Å². The van der Waals surface area contributed by atoms with Gasteiger partial charge in [0, 0.05) is 9.50 Å². The van der Waals surface area contributed by atoms with E-state index in [4.69, 9.17) is 21.1 Å². The number of rotatable bonds is 5. The maximum absolute atomic E-state index is 13.7. The lowest BCUT2D eigenvalue weighted by Crippen LogP contribution is -2.30. The summed E-state index contributed by atoms with van der Waals surface area (Å²) in [6, 6.07) is 9.18. The van der Waals surface area contributed by atoms with Crippen LogP contribution in [0.1, 0.15) is 6.92 Å². The minimum Gasteiger partial charge on any atom is -0.495 e. The Kier molecular flexibility index (Phi) is 5.85. The molecule has 2 rings (SSSR count). The molecule has 122 valence electrons. The van der Waals surface area contributed by atoms with Crippen molar-refractivity contribution < 1.29 is 18.7 Å². The van der Waals surface area contributed by atoms with E-state index in [0.29, 0.717) is 20.9 Å². The SMILES string of the molecule is COc1ccc(Cl)cc1NC(=O)[C@H](C)Oc1ccc(Br)cc1F. The first-order valence-electron chi connectivity index (χ1n) is 6.67. The second-order valence-corrected chi connectivity index (χ2v) is 6.02. The molecular weight excluding hydrogens is 389 g/mol. The average molecular weight is 403 g/mol. The number of carbonyl (C=O) groups is 1. The molecule has 2 aromatic rings. The lowest BCUT2D eigenvalue weighted by Gasteiger charge is -2.16. The van der Waals surface area contributed by atoms with Crippen molar-refractivity contribution in [2.24, 2.45) is 0 Å². The Bertz CT molecular complexity index is 726. The molecule has 0 fully saturated rings. The van der Waals surface area contributed by atoms with Crippen LogP contribution < -0.4 is 14.8 Å². The van der Waals surface area contributed by atoms with Crippen molar-refractivity contribution in [2.75, 3.05) is 12.4 Å². The summed E-state index contributed by atoms with van der Waals surface area (Å²) in [7, 11) is 1.48. The molecular formula is C16H14BrClFNO3. The Labute approximate surface area is 146 Å². The Morgan fingerprint density at radius 1 is 1.26 bits per heavy atom. The molecule has 0 radical (unpaired) electrons. The number of hydrogen-bond acceptors (Lipinski definition) is 3. The van der Waals surface area contributed by atoms with Crippen molar-refractivity contribution in [1.29, 1.82) is 0 Å². The van der Waals surface area contributed by atoms with Crippen molar-refractivity contribution in [2.45, 2.75) is 13.0 Å². The number of methoxy groups -OCH3 is 1. The maximum atomic E-state index is 13.7. The van der Waals surface area contributed by atoms with Crippen LogP contribution in [0.3, 0.4) is 0 Å². The molecule has 0 saturated carbocycles. The van der Waals surface area contributed by atoms with Gasteiger partial charge < -0.3 is 14.8 Å². The van der Waals surface area contributed by atoms with Crippen LogP contribution in [0.5, 0.6) is 11.5 Å². The van der Waals surface area contributed by atoms with E-state index in [0.717, 1.165) is 0 Å². The van der Waals surface area contributed by atoms with Crippen LogP contribution in [0.2, 0.25) is 5.02 Å². The number of anilines is 1. The number of carbonyl (C=O) groups excluding carboxylic acids is 1. The molecule has 0 aliphatic rings. The predicted molar refractivity (Wildman–Crippen MR) is 90.8 cm³/mol. The minimum atomic E-state index is -0.908. The summed E-state index contributed by atoms with van der Waals surface area (Å²) >= 11 is 9.07. The molecule has 0 unspecified atom stereocenters. The molecule has 0 aliphatic carbocycles. The van der Waals surface area contributed by atoms with E-state index in [-0.39, 0.29) is 5.75 Å². The maximum Gasteiger partial charge on any atom is 0.265 e. The van der Waals surface area contributed by atoms with Gasteiger partial charge in [-0.2, -0.15) is 0 Å². The van der Waals surface area contributed by atoms with Crippen LogP contribution in [0.25, 0.3) is 0 Å². The van der Waals surface area contributed by atoms with Gasteiger partial charge in [-0.05, 0) is 43.3 Å². The summed E-state index contributed by atoms with van der Waals surface area (Å²) in [5, 5.41) is 3.10. The molecule has 23 heavy (non-hydrogen) atoms. The zero-order valence-corrected chi connectivity index (χ0v) is 14.7. The van der Waals surface area contributed by atoms with Crippen LogP contribution >= 0.6 is 27.5 Å². The summed E-state index contributed by atoms with van der Waals surface area (Å²) in [5.74, 6) is -0.550. The van der Waals surface area contributed by atoms with Gasteiger partial charge in [-0.1, -0.05) is 27.5 Å². The van der Waals surface area contributed by atoms with Crippen LogP contribution in [0.4, 0.5) is 10.1 Å². The van der Waals surface area contributed by atoms with Crippen molar-refractivity contribution in [3.63, 3.8) is 0 Å². The van der Waals surface area contributed by atoms with Gasteiger partial charge in [0.25, 0.3) is 5.91 Å². The van der Waals surface area contributed by atoms with Crippen LogP contribution in [0, 0.1) is 5.82 Å². The van der Waals surface area contributed by atoms with Gasteiger partial charge in [0.05, 0.1) is 12.8 Å². The van der Waals surface area contributed by atoms with E-state index >= 15 is 0 Å². The zero-order chi connectivity index (χ0) is 17.0. The topological polar surface area (TPSA) is 47.6 Å². The van der Waals surface area contributed by atoms with Gasteiger partial charge in [-0.25, -0.2) is 4.39 Å². The molecule has 0 bridgehead atoms. The Balaban J connectivity index is 2.10. The van der Waals surface area contributed by atoms with E-state index in [2.05, 4.69) is 21.2 Å². The van der Waals surface area contributed by atoms with Gasteiger partial charge in [0.1, 0.15) is 5.75 Å². The molecule has 1 N–H and O–H groups in total. The molecule has 0 heterocycles. The molecule has 1 amide bonds. The average Bonchev–Trinajstić information content (AvgIpc) is 2.50. The van der Waals surface area contributed by atoms with E-state index in [1.807, 2.05) is 0 Å². The van der Waals surface area contributed by atoms with E-state index in [9.17, 15) is 9.18 Å². The molecule has 0 aliphatic heterocycles. The molecule has 4 nitrogen and oxygen atoms in total. The monoisotopic (exact) mass is 401 g/mol. The van der Waals surface area contributed by atoms with Crippen LogP contribution in [0.15, 0.2) is 40.9 Å². The van der Waals surface area contributed by atoms with Crippen molar-refractivity contribution in [3.8, 4) is 11.5 Å². The Morgan fingerprint density at radius 3 is 2.61 bits per heavy atom. The highest BCUT2D eigenvalue weighted by Gasteiger charge is 2.18. The third kappa shape index (κ3) is 4.59. The van der Waals surface area contributed by atoms with Crippen molar-refractivity contribution >= 4 is 39.1 Å². The highest BCUT2D eigenvalue weighted by atomic mass is 79.9. The van der Waals surface area contributed by atoms with Crippen molar-refractivity contribution in [1.82, 2.24) is 0 Å². The molecule has 1 atom stereocenters. The summed E-state index contributed by atoms with van der Waals surface area (Å²) in [6.45, 7) is 1.52. The van der Waals surface area contributed by atoms with Crippen LogP contribution in [-0.2, 0) is 4.79 Å². The smallest absolute Gasteiger partial charge is 0.265 e. The van der Waals surface area contributed by atoms with Crippen molar-refractivity contribution in [3.05, 3.63) is 51.7 Å². The van der Waals surface area contributed by atoms with E-state index in [1.165, 1.54) is 26.2 Å². The van der Waals surface area contributed by atoms with Gasteiger partial charge in [0.15, 0.2) is 17.7 Å². The zero-order valence-electron chi connectivity index (χ0n) is 12.4. The second-order valence-electron chi connectivity index (χ2n) is 4.67. The fraction of sp³-hybridized carbons (Fsp3) is 0.188. The fourth-order valence-electron chi connectivity index (χ4n) is 1.83. The number of ether oxygens (including phenoxy) is 2. The normalized spacial score (nSPS) is 11.7. The van der Waals surface area contributed by atoms with E-state index < -0.39 is 17.8 Å². The highest BCUT2D eigenvalue weighted by Crippen LogP contribution is 2.28. The summed E-state index contributed by atoms with van der Waals surface area (Å²) in [6.07, 6.45) is -0.908. The first-order valence-corrected chi connectivity index (χ1v) is 7.84. The molecule has 0 aromatic heterocycles. The number of nitrogens with one attached hydrogen (secondary N) is 1. The molecule has 2 aromatic carbocycles. The van der Waals surface area contributed by atoms with Crippen LogP contribution in [-0.4, -0.2) is 19.1 Å². The quantitative estimate of drug-likeness (QED) is 0.791. The minimum absolute atomic E-state index is 0.00564. The largest absolute Gasteiger partial charge is 0.495 e. The summed E-state index contributed by atoms with van der Waals surface area (Å²) in [4.78, 5) is 12.2. The molecule has 0 saturated heterocycles. The van der Waals surface area contributed by atoms with E-state index in [1.54, 1.807) is 24.3 Å². The number of hydrogen-bond donors (Lipinski definition) is 1. The van der Waals surface area contributed by atoms with Gasteiger partial charge in [-0.3, -0.25) is 4.79 Å². The summed E-state index contributed by atoms with van der Waals surface area (Å²) in [5.41, 5.74) is 0.414. The standard InChI is InChI=1S/C16H14BrClFNO3/c1-9(23-14-5-3-10(17)7-12(14)19)16(21)20-13-8-11(18)4-6-15(13)22-2/h3-9H,1-2H3,(H,20,21)/t9-/m0/s1. The molecule has 0 spiro atoms. The first kappa shape index (κ1) is 17.6. The van der Waals surface area contributed by atoms with Gasteiger partial charge in [0.2, 0.25) is 0 Å². The van der Waals surface area contributed by atoms with Gasteiger partial charge in [-0.15, -0.1) is 0 Å².